The molecule has 1 aliphatic heterocycles. The fraction of sp³-hybridized carbons (Fsp3) is 0.476. The number of pyridine rings is 1. The van der Waals surface area contributed by atoms with Crippen LogP contribution in [0.3, 0.4) is 0 Å². The summed E-state index contributed by atoms with van der Waals surface area (Å²) in [6.45, 7) is 3.97. The second kappa shape index (κ2) is 8.87. The maximum absolute atomic E-state index is 5.68. The van der Waals surface area contributed by atoms with Crippen molar-refractivity contribution >= 4 is 38.5 Å². The third kappa shape index (κ3) is 3.77. The van der Waals surface area contributed by atoms with Gasteiger partial charge >= 0.3 is 0 Å². The van der Waals surface area contributed by atoms with Crippen LogP contribution in [0.25, 0.3) is 11.0 Å². The second-order valence-electron chi connectivity index (χ2n) is 7.40. The number of aromatic nitrogens is 4. The third-order valence-corrected chi connectivity index (χ3v) is 5.86. The lowest BCUT2D eigenvalue weighted by Crippen LogP contribution is -2.19. The van der Waals surface area contributed by atoms with Gasteiger partial charge in [0.25, 0.3) is 0 Å². The molecule has 0 amide bonds. The first-order chi connectivity index (χ1) is 14.6. The molecule has 0 aliphatic carbocycles. The highest BCUT2D eigenvalue weighted by molar-refractivity contribution is 9.10. The number of aryl methyl sites for hydroxylation is 1. The first-order valence-electron chi connectivity index (χ1n) is 9.91. The van der Waals surface area contributed by atoms with Gasteiger partial charge in [0.2, 0.25) is 0 Å². The van der Waals surface area contributed by atoms with Gasteiger partial charge in [0.15, 0.2) is 11.3 Å². The van der Waals surface area contributed by atoms with Crippen molar-refractivity contribution in [2.24, 2.45) is 0 Å². The van der Waals surface area contributed by atoms with Crippen LogP contribution in [-0.4, -0.2) is 61.1 Å². The Morgan fingerprint density at radius 1 is 1.17 bits per heavy atom. The number of methoxy groups -OCH3 is 3. The van der Waals surface area contributed by atoms with E-state index in [1.807, 2.05) is 23.7 Å². The summed E-state index contributed by atoms with van der Waals surface area (Å²) in [5.41, 5.74) is 4.90. The molecule has 0 saturated carbocycles. The van der Waals surface area contributed by atoms with Crippen LogP contribution in [0.5, 0.6) is 5.75 Å². The van der Waals surface area contributed by atoms with E-state index in [4.69, 9.17) is 19.2 Å². The Morgan fingerprint density at radius 3 is 2.73 bits per heavy atom. The van der Waals surface area contributed by atoms with Crippen LogP contribution in [-0.2, 0) is 15.9 Å². The Balaban J connectivity index is 1.82. The minimum absolute atomic E-state index is 0.0333. The van der Waals surface area contributed by atoms with Gasteiger partial charge in [-0.25, -0.2) is 9.67 Å². The predicted octanol–water partition coefficient (Wildman–Crippen LogP) is 3.82. The number of anilines is 2. The zero-order valence-corrected chi connectivity index (χ0v) is 19.3. The van der Waals surface area contributed by atoms with Gasteiger partial charge in [0.1, 0.15) is 5.75 Å². The van der Waals surface area contributed by atoms with Gasteiger partial charge < -0.3 is 19.1 Å². The SMILES string of the molecule is COCC[C@H](COC)n1nnc2c(N3CCc4cc(Br)cc(OC)c43)nc(C)cc21. The quantitative estimate of drug-likeness (QED) is 0.489. The molecular weight excluding hydrogens is 450 g/mol. The highest BCUT2D eigenvalue weighted by atomic mass is 79.9. The number of nitrogens with zero attached hydrogens (tertiary/aromatic N) is 5. The molecule has 8 nitrogen and oxygen atoms in total. The molecule has 0 spiro atoms. The second-order valence-corrected chi connectivity index (χ2v) is 8.31. The molecule has 1 atom stereocenters. The van der Waals surface area contributed by atoms with E-state index >= 15 is 0 Å². The van der Waals surface area contributed by atoms with E-state index in [0.717, 1.165) is 57.8 Å². The van der Waals surface area contributed by atoms with Gasteiger partial charge in [-0.05, 0) is 43.5 Å². The van der Waals surface area contributed by atoms with Gasteiger partial charge in [-0.1, -0.05) is 21.1 Å². The van der Waals surface area contributed by atoms with E-state index in [2.05, 4.69) is 37.2 Å². The van der Waals surface area contributed by atoms with E-state index in [-0.39, 0.29) is 6.04 Å². The van der Waals surface area contributed by atoms with Crippen LogP contribution in [0, 0.1) is 6.92 Å². The Hall–Kier alpha value is -2.23. The Morgan fingerprint density at radius 2 is 2.00 bits per heavy atom. The van der Waals surface area contributed by atoms with Crippen LogP contribution in [0.4, 0.5) is 11.5 Å². The highest BCUT2D eigenvalue weighted by Crippen LogP contribution is 2.44. The summed E-state index contributed by atoms with van der Waals surface area (Å²) in [4.78, 5) is 7.04. The monoisotopic (exact) mass is 475 g/mol. The topological polar surface area (TPSA) is 74.5 Å². The van der Waals surface area contributed by atoms with E-state index in [1.54, 1.807) is 21.3 Å². The summed E-state index contributed by atoms with van der Waals surface area (Å²) < 4.78 is 19.3. The Kier molecular flexibility index (Phi) is 6.21. The molecule has 4 rings (SSSR count). The molecule has 1 aromatic carbocycles. The van der Waals surface area contributed by atoms with Crippen LogP contribution in [0.1, 0.15) is 23.7 Å². The summed E-state index contributed by atoms with van der Waals surface area (Å²) in [7, 11) is 5.09. The standard InChI is InChI=1S/C21H26BrN5O3/c1-13-9-17-19(24-25-27(17)16(12-29-3)6-8-28-2)21(23-13)26-7-5-14-10-15(22)11-18(30-4)20(14)26/h9-11,16H,5-8,12H2,1-4H3/t16-/m1/s1. The molecule has 3 aromatic rings. The van der Waals surface area contributed by atoms with Crippen LogP contribution >= 0.6 is 15.9 Å². The van der Waals surface area contributed by atoms with Crippen LogP contribution in [0.15, 0.2) is 22.7 Å². The fourth-order valence-corrected chi connectivity index (χ4v) is 4.55. The zero-order chi connectivity index (χ0) is 21.3. The number of benzene rings is 1. The minimum atomic E-state index is 0.0333. The van der Waals surface area contributed by atoms with Crippen LogP contribution in [0.2, 0.25) is 0 Å². The minimum Gasteiger partial charge on any atom is -0.495 e. The Bertz CT molecular complexity index is 1050. The lowest BCUT2D eigenvalue weighted by Gasteiger charge is -2.22. The van der Waals surface area contributed by atoms with Crippen molar-refractivity contribution in [3.8, 4) is 5.75 Å². The van der Waals surface area contributed by atoms with Gasteiger partial charge in [0, 0.05) is 37.5 Å². The van der Waals surface area contributed by atoms with Crippen LogP contribution < -0.4 is 9.64 Å². The summed E-state index contributed by atoms with van der Waals surface area (Å²) in [5, 5.41) is 9.00. The highest BCUT2D eigenvalue weighted by Gasteiger charge is 2.29. The maximum Gasteiger partial charge on any atom is 0.163 e. The van der Waals surface area contributed by atoms with Gasteiger partial charge in [0.05, 0.1) is 31.0 Å². The van der Waals surface area contributed by atoms with Crippen molar-refractivity contribution in [1.82, 2.24) is 20.0 Å². The molecule has 0 bridgehead atoms. The van der Waals surface area contributed by atoms with Crippen molar-refractivity contribution in [2.45, 2.75) is 25.8 Å². The van der Waals surface area contributed by atoms with Crippen molar-refractivity contribution in [1.29, 1.82) is 0 Å². The van der Waals surface area contributed by atoms with Crippen molar-refractivity contribution in [2.75, 3.05) is 46.0 Å². The molecule has 0 saturated heterocycles. The summed E-state index contributed by atoms with van der Waals surface area (Å²) in [5.74, 6) is 1.62. The number of fused-ring (bicyclic) bond motifs is 2. The van der Waals surface area contributed by atoms with Gasteiger partial charge in [-0.3, -0.25) is 0 Å². The maximum atomic E-state index is 5.68. The van der Waals surface area contributed by atoms with E-state index in [0.29, 0.717) is 13.2 Å². The van der Waals surface area contributed by atoms with E-state index in [1.165, 1.54) is 5.56 Å². The molecule has 0 N–H and O–H groups in total. The average molecular weight is 476 g/mol. The molecule has 30 heavy (non-hydrogen) atoms. The number of halogens is 1. The van der Waals surface area contributed by atoms with Crippen molar-refractivity contribution in [3.05, 3.63) is 33.9 Å². The average Bonchev–Trinajstić information content (AvgIpc) is 3.34. The lowest BCUT2D eigenvalue weighted by molar-refractivity contribution is 0.117. The van der Waals surface area contributed by atoms with Gasteiger partial charge in [-0.2, -0.15) is 0 Å². The molecule has 0 radical (unpaired) electrons. The van der Waals surface area contributed by atoms with E-state index < -0.39 is 0 Å². The Labute approximate surface area is 184 Å². The summed E-state index contributed by atoms with van der Waals surface area (Å²) in [6.07, 6.45) is 1.70. The summed E-state index contributed by atoms with van der Waals surface area (Å²) >= 11 is 3.58. The fourth-order valence-electron chi connectivity index (χ4n) is 4.06. The van der Waals surface area contributed by atoms with E-state index in [9.17, 15) is 0 Å². The third-order valence-electron chi connectivity index (χ3n) is 5.40. The molecular formula is C21H26BrN5O3. The largest absolute Gasteiger partial charge is 0.495 e. The molecule has 0 fully saturated rings. The molecule has 1 aliphatic rings. The zero-order valence-electron chi connectivity index (χ0n) is 17.7. The molecule has 2 aromatic heterocycles. The lowest BCUT2D eigenvalue weighted by atomic mass is 10.1. The normalized spacial score (nSPS) is 14.4. The molecule has 3 heterocycles. The first kappa shape index (κ1) is 21.0. The van der Waals surface area contributed by atoms with Crippen molar-refractivity contribution < 1.29 is 14.2 Å². The molecule has 0 unspecified atom stereocenters. The molecule has 9 heteroatoms. The predicted molar refractivity (Wildman–Crippen MR) is 119 cm³/mol. The van der Waals surface area contributed by atoms with Gasteiger partial charge in [-0.15, -0.1) is 5.10 Å². The van der Waals surface area contributed by atoms with Crippen molar-refractivity contribution in [3.63, 3.8) is 0 Å². The first-order valence-corrected chi connectivity index (χ1v) is 10.7. The smallest absolute Gasteiger partial charge is 0.163 e. The molecule has 160 valence electrons. The number of hydrogen-bond acceptors (Lipinski definition) is 7. The number of hydrogen-bond donors (Lipinski definition) is 0. The summed E-state index contributed by atoms with van der Waals surface area (Å²) in [6, 6.07) is 6.19. The number of rotatable bonds is 8. The number of ether oxygens (including phenoxy) is 3.